The molecule has 0 unspecified atom stereocenters. The first-order chi connectivity index (χ1) is 34.6. The molecule has 1 fully saturated rings. The van der Waals surface area contributed by atoms with Crippen molar-refractivity contribution in [2.45, 2.75) is 64.8 Å². The Bertz CT molecular complexity index is 3460. The highest BCUT2D eigenvalue weighted by Gasteiger charge is 2.31. The summed E-state index contributed by atoms with van der Waals surface area (Å²) in [6.07, 6.45) is 4.85. The molecule has 370 valence electrons. The molecule has 5 N–H and O–H groups in total. The third-order valence-corrected chi connectivity index (χ3v) is 12.4. The molecule has 5 aromatic heterocycles. The van der Waals surface area contributed by atoms with Gasteiger partial charge in [0, 0.05) is 51.4 Å². The molecule has 0 atom stereocenters. The number of hydrogen-bond acceptors (Lipinski definition) is 12. The molecule has 20 nitrogen and oxygen atoms in total. The summed E-state index contributed by atoms with van der Waals surface area (Å²) >= 11 is 0. The topological polar surface area (TPSA) is 250 Å². The van der Waals surface area contributed by atoms with E-state index < -0.39 is 35.0 Å². The summed E-state index contributed by atoms with van der Waals surface area (Å²) < 4.78 is 42.7. The van der Waals surface area contributed by atoms with Gasteiger partial charge in [-0.05, 0) is 86.4 Å². The van der Waals surface area contributed by atoms with Gasteiger partial charge in [-0.3, -0.25) is 28.5 Å². The first-order valence-electron chi connectivity index (χ1n) is 23.0. The SMILES string of the molecule is Cc1ccc(CNC(=O)c2cc(C(=O)NCc3ccc4c(c3)NC(=O)CO4)nc3c(F)cnn23)cc1.Cn1c(=O)oc2ccc(CNC(=O)c3cc(C(=O)NCC4CCC(C)(F)CC4)n4nccc4n3)cc21. The fraction of sp³-hybridized carbons (Fsp3) is 0.280. The molecule has 0 radical (unpaired) electrons. The molecule has 72 heavy (non-hydrogen) atoms. The van der Waals surface area contributed by atoms with Gasteiger partial charge in [-0.1, -0.05) is 42.0 Å². The van der Waals surface area contributed by atoms with Crippen molar-refractivity contribution in [3.05, 3.63) is 153 Å². The van der Waals surface area contributed by atoms with E-state index in [-0.39, 0.29) is 72.4 Å². The van der Waals surface area contributed by atoms with Crippen molar-refractivity contribution in [3.8, 4) is 5.75 Å². The lowest BCUT2D eigenvalue weighted by molar-refractivity contribution is -0.118. The van der Waals surface area contributed by atoms with E-state index in [1.807, 2.05) is 31.2 Å². The number of carbonyl (C=O) groups excluding carboxylic acids is 5. The van der Waals surface area contributed by atoms with Gasteiger partial charge in [0.1, 0.15) is 34.2 Å². The number of aryl methyl sites for hydroxylation is 2. The lowest BCUT2D eigenvalue weighted by Crippen LogP contribution is -2.35. The quantitative estimate of drug-likeness (QED) is 0.107. The Labute approximate surface area is 408 Å². The third-order valence-electron chi connectivity index (χ3n) is 12.4. The van der Waals surface area contributed by atoms with Crippen LogP contribution in [0.15, 0.2) is 100 Å². The largest absolute Gasteiger partial charge is 0.482 e. The number of ether oxygens (including phenoxy) is 1. The Morgan fingerprint density at radius 1 is 0.764 bits per heavy atom. The van der Waals surface area contributed by atoms with Crippen LogP contribution in [0.1, 0.15) is 96.8 Å². The highest BCUT2D eigenvalue weighted by molar-refractivity contribution is 5.99. The first kappa shape index (κ1) is 48.2. The fourth-order valence-electron chi connectivity index (χ4n) is 8.26. The van der Waals surface area contributed by atoms with Crippen molar-refractivity contribution in [2.24, 2.45) is 13.0 Å². The second-order valence-electron chi connectivity index (χ2n) is 17.9. The van der Waals surface area contributed by atoms with Crippen molar-refractivity contribution < 1.29 is 41.9 Å². The molecular formula is C50H48F2N12O8. The van der Waals surface area contributed by atoms with Crippen molar-refractivity contribution in [1.29, 1.82) is 0 Å². The van der Waals surface area contributed by atoms with Crippen LogP contribution in [0.4, 0.5) is 14.5 Å². The van der Waals surface area contributed by atoms with Crippen LogP contribution >= 0.6 is 0 Å². The number of anilines is 1. The molecule has 2 aliphatic rings. The summed E-state index contributed by atoms with van der Waals surface area (Å²) in [5.74, 6) is -2.71. The van der Waals surface area contributed by atoms with Gasteiger partial charge in [0.25, 0.3) is 29.5 Å². The predicted molar refractivity (Wildman–Crippen MR) is 256 cm³/mol. The zero-order chi connectivity index (χ0) is 50.7. The smallest absolute Gasteiger partial charge is 0.419 e. The average molecular weight is 983 g/mol. The van der Waals surface area contributed by atoms with Crippen LogP contribution < -0.4 is 37.1 Å². The monoisotopic (exact) mass is 982 g/mol. The highest BCUT2D eigenvalue weighted by atomic mass is 19.1. The van der Waals surface area contributed by atoms with Crippen LogP contribution in [0.25, 0.3) is 22.4 Å². The zero-order valence-electron chi connectivity index (χ0n) is 39.3. The second kappa shape index (κ2) is 20.3. The van der Waals surface area contributed by atoms with Crippen LogP contribution in [-0.2, 0) is 31.5 Å². The predicted octanol–water partition coefficient (Wildman–Crippen LogP) is 5.12. The summed E-state index contributed by atoms with van der Waals surface area (Å²) in [7, 11) is 1.61. The van der Waals surface area contributed by atoms with Gasteiger partial charge in [0.2, 0.25) is 0 Å². The standard InChI is InChI=1S/C25H27FN6O4.C25H21FN6O4/c1-25(26)8-5-15(6-9-25)13-28-23(34)19-12-17(30-21-7-10-29-32(19)21)22(33)27-14-16-3-4-20-18(11-16)31(2)24(35)36-20;1-14-2-4-15(5-3-14)10-28-25(35)20-9-19(31-23-17(26)12-29-32(20)23)24(34)27-11-16-6-7-21-18(8-16)30-22(33)13-36-21/h3-4,7,10-12,15H,5-6,8-9,13-14H2,1-2H3,(H,27,33)(H,28,34);2-9,12H,10-11,13H2,1H3,(H,27,34)(H,28,35)(H,30,33). The minimum Gasteiger partial charge on any atom is -0.482 e. The molecule has 1 saturated carbocycles. The van der Waals surface area contributed by atoms with E-state index in [2.05, 4.69) is 46.7 Å². The van der Waals surface area contributed by atoms with Crippen LogP contribution in [-0.4, -0.2) is 82.1 Å². The van der Waals surface area contributed by atoms with Gasteiger partial charge in [-0.2, -0.15) is 10.2 Å². The number of oxazole rings is 1. The number of nitrogens with one attached hydrogen (secondary N) is 5. The van der Waals surface area contributed by atoms with Crippen LogP contribution in [0, 0.1) is 18.7 Å². The van der Waals surface area contributed by atoms with E-state index in [4.69, 9.17) is 9.15 Å². The number of nitrogens with zero attached hydrogens (tertiary/aromatic N) is 7. The lowest BCUT2D eigenvalue weighted by atomic mass is 9.81. The lowest BCUT2D eigenvalue weighted by Gasteiger charge is -2.31. The van der Waals surface area contributed by atoms with Gasteiger partial charge in [-0.15, -0.1) is 0 Å². The van der Waals surface area contributed by atoms with Gasteiger partial charge < -0.3 is 35.7 Å². The number of benzene rings is 3. The summed E-state index contributed by atoms with van der Waals surface area (Å²) in [5, 5.41) is 21.9. The number of aromatic nitrogens is 7. The summed E-state index contributed by atoms with van der Waals surface area (Å²) in [6.45, 7) is 4.50. The summed E-state index contributed by atoms with van der Waals surface area (Å²) in [4.78, 5) is 83.3. The molecular weight excluding hydrogens is 935 g/mol. The van der Waals surface area contributed by atoms with Gasteiger partial charge in [-0.25, -0.2) is 32.6 Å². The van der Waals surface area contributed by atoms with Crippen molar-refractivity contribution in [2.75, 3.05) is 18.5 Å². The van der Waals surface area contributed by atoms with Crippen molar-refractivity contribution >= 4 is 57.6 Å². The van der Waals surface area contributed by atoms with Gasteiger partial charge in [0.05, 0.1) is 23.6 Å². The third kappa shape index (κ3) is 10.8. The van der Waals surface area contributed by atoms with Crippen molar-refractivity contribution in [1.82, 2.24) is 55.0 Å². The molecule has 0 saturated heterocycles. The molecule has 10 rings (SSSR count). The number of alkyl halides is 1. The normalized spacial score (nSPS) is 16.2. The van der Waals surface area contributed by atoms with Crippen LogP contribution in [0.2, 0.25) is 0 Å². The molecule has 8 aromatic rings. The molecule has 6 heterocycles. The van der Waals surface area contributed by atoms with Crippen LogP contribution in [0.3, 0.4) is 0 Å². The number of amides is 5. The second-order valence-corrected chi connectivity index (χ2v) is 17.9. The number of fused-ring (bicyclic) bond motifs is 4. The Balaban J connectivity index is 0.000000178. The minimum atomic E-state index is -1.13. The molecule has 1 aliphatic carbocycles. The number of halogens is 2. The van der Waals surface area contributed by atoms with E-state index in [0.29, 0.717) is 66.0 Å². The van der Waals surface area contributed by atoms with E-state index in [1.165, 1.54) is 27.4 Å². The number of hydrogen-bond donors (Lipinski definition) is 5. The molecule has 5 amide bonds. The number of rotatable bonds is 12. The molecule has 0 spiro atoms. The summed E-state index contributed by atoms with van der Waals surface area (Å²) in [6, 6.07) is 22.3. The zero-order valence-corrected chi connectivity index (χ0v) is 39.3. The van der Waals surface area contributed by atoms with Gasteiger partial charge in [0.15, 0.2) is 29.3 Å². The number of carbonyl (C=O) groups is 5. The molecule has 0 bridgehead atoms. The maximum Gasteiger partial charge on any atom is 0.419 e. The van der Waals surface area contributed by atoms with E-state index >= 15 is 0 Å². The molecule has 22 heteroatoms. The maximum atomic E-state index is 14.3. The minimum absolute atomic E-state index is 0.0326. The Kier molecular flexibility index (Phi) is 13.6. The molecule has 3 aromatic carbocycles. The first-order valence-corrected chi connectivity index (χ1v) is 23.0. The Hall–Kier alpha value is -8.82. The van der Waals surface area contributed by atoms with Crippen LogP contribution in [0.5, 0.6) is 5.75 Å². The van der Waals surface area contributed by atoms with Gasteiger partial charge >= 0.3 is 5.76 Å². The fourth-order valence-corrected chi connectivity index (χ4v) is 8.26. The van der Waals surface area contributed by atoms with E-state index in [0.717, 1.165) is 27.4 Å². The van der Waals surface area contributed by atoms with E-state index in [1.54, 1.807) is 56.4 Å². The average Bonchev–Trinajstić information content (AvgIpc) is 4.09. The van der Waals surface area contributed by atoms with E-state index in [9.17, 15) is 37.5 Å². The maximum absolute atomic E-state index is 14.3. The molecule has 1 aliphatic heterocycles. The Morgan fingerprint density at radius 2 is 1.39 bits per heavy atom. The van der Waals surface area contributed by atoms with Crippen molar-refractivity contribution in [3.63, 3.8) is 0 Å². The summed E-state index contributed by atoms with van der Waals surface area (Å²) in [5.41, 5.74) is 4.14. The Morgan fingerprint density at radius 3 is 2.12 bits per heavy atom. The highest BCUT2D eigenvalue weighted by Crippen LogP contribution is 2.34.